The molecule has 6 nitrogen and oxygen atoms in total. The molecule has 24 heavy (non-hydrogen) atoms. The molecule has 0 unspecified atom stereocenters. The second kappa shape index (κ2) is 9.03. The van der Waals surface area contributed by atoms with E-state index in [-0.39, 0.29) is 17.4 Å². The van der Waals surface area contributed by atoms with Crippen molar-refractivity contribution >= 4 is 27.1 Å². The lowest BCUT2D eigenvalue weighted by Crippen LogP contribution is -2.40. The Bertz CT molecular complexity index is 632. The van der Waals surface area contributed by atoms with Gasteiger partial charge >= 0.3 is 0 Å². The van der Waals surface area contributed by atoms with E-state index in [1.807, 2.05) is 29.2 Å². The molecule has 7 heteroatoms. The summed E-state index contributed by atoms with van der Waals surface area (Å²) >= 11 is 0. The Morgan fingerprint density at radius 2 is 1.83 bits per heavy atom. The third-order valence-electron chi connectivity index (χ3n) is 4.20. The Labute approximate surface area is 144 Å². The van der Waals surface area contributed by atoms with Gasteiger partial charge in [-0.1, -0.05) is 18.9 Å². The molecule has 0 spiro atoms. The maximum atomic E-state index is 12.0. The summed E-state index contributed by atoms with van der Waals surface area (Å²) in [7, 11) is -2.89. The van der Waals surface area contributed by atoms with Crippen LogP contribution in [0, 0.1) is 0 Å². The molecule has 1 saturated heterocycles. The van der Waals surface area contributed by atoms with Crippen LogP contribution in [0.5, 0.6) is 0 Å². The molecule has 1 aliphatic heterocycles. The number of carbonyl (C=O) groups excluding carboxylic acids is 1. The van der Waals surface area contributed by atoms with Crippen molar-refractivity contribution in [1.82, 2.24) is 0 Å². The number of hydrogen-bond acceptors (Lipinski definition) is 5. The molecule has 3 N–H and O–H groups in total. The van der Waals surface area contributed by atoms with Crippen molar-refractivity contribution in [1.29, 1.82) is 0 Å². The highest BCUT2D eigenvalue weighted by molar-refractivity contribution is 7.91. The molecule has 0 radical (unpaired) electrons. The Morgan fingerprint density at radius 1 is 1.12 bits per heavy atom. The zero-order valence-corrected chi connectivity index (χ0v) is 14.9. The summed E-state index contributed by atoms with van der Waals surface area (Å²) in [5.74, 6) is 0.389. The van der Waals surface area contributed by atoms with Crippen molar-refractivity contribution in [3.63, 3.8) is 0 Å². The first-order valence-corrected chi connectivity index (χ1v) is 10.4. The van der Waals surface area contributed by atoms with E-state index in [1.54, 1.807) is 0 Å². The second-order valence-corrected chi connectivity index (χ2v) is 8.49. The lowest BCUT2D eigenvalue weighted by atomic mass is 10.1. The molecule has 1 aromatic carbocycles. The summed E-state index contributed by atoms with van der Waals surface area (Å²) in [4.78, 5) is 14.0. The number of amides is 1. The van der Waals surface area contributed by atoms with Gasteiger partial charge in [-0.05, 0) is 37.6 Å². The third kappa shape index (κ3) is 6.13. The zero-order valence-electron chi connectivity index (χ0n) is 14.0. The number of nitrogens with two attached hydrogens (primary N) is 1. The molecule has 0 aromatic heterocycles. The SMILES string of the molecule is NCCCCCCC(=O)Nc1cccc(N2CCS(=O)(=O)CC2)c1. The van der Waals surface area contributed by atoms with Crippen LogP contribution in [0.15, 0.2) is 24.3 Å². The molecule has 1 aliphatic rings. The summed E-state index contributed by atoms with van der Waals surface area (Å²) < 4.78 is 23.0. The quantitative estimate of drug-likeness (QED) is 0.695. The number of carbonyl (C=O) groups is 1. The Hall–Kier alpha value is -1.60. The van der Waals surface area contributed by atoms with Gasteiger partial charge in [-0.15, -0.1) is 0 Å². The molecule has 1 amide bonds. The molecule has 0 atom stereocenters. The molecule has 1 aromatic rings. The summed E-state index contributed by atoms with van der Waals surface area (Å²) in [6.07, 6.45) is 4.48. The highest BCUT2D eigenvalue weighted by atomic mass is 32.2. The van der Waals surface area contributed by atoms with Gasteiger partial charge in [0.2, 0.25) is 5.91 Å². The smallest absolute Gasteiger partial charge is 0.224 e. The summed E-state index contributed by atoms with van der Waals surface area (Å²) in [5.41, 5.74) is 7.15. The van der Waals surface area contributed by atoms with Crippen LogP contribution >= 0.6 is 0 Å². The number of nitrogens with zero attached hydrogens (tertiary/aromatic N) is 1. The highest BCUT2D eigenvalue weighted by Gasteiger charge is 2.21. The first kappa shape index (κ1) is 18.7. The fourth-order valence-corrected chi connectivity index (χ4v) is 3.96. The van der Waals surface area contributed by atoms with Gasteiger partial charge in [0, 0.05) is 30.9 Å². The van der Waals surface area contributed by atoms with Crippen LogP contribution in [-0.2, 0) is 14.6 Å². The molecular weight excluding hydrogens is 326 g/mol. The van der Waals surface area contributed by atoms with Crippen molar-refractivity contribution in [3.8, 4) is 0 Å². The van der Waals surface area contributed by atoms with Crippen LogP contribution in [0.25, 0.3) is 0 Å². The number of benzene rings is 1. The molecule has 134 valence electrons. The van der Waals surface area contributed by atoms with Crippen LogP contribution in [0.4, 0.5) is 11.4 Å². The van der Waals surface area contributed by atoms with Crippen LogP contribution in [0.2, 0.25) is 0 Å². The monoisotopic (exact) mass is 353 g/mol. The lowest BCUT2D eigenvalue weighted by Gasteiger charge is -2.29. The number of sulfone groups is 1. The summed E-state index contributed by atoms with van der Waals surface area (Å²) in [6.45, 7) is 1.71. The van der Waals surface area contributed by atoms with Gasteiger partial charge in [-0.2, -0.15) is 0 Å². The fourth-order valence-electron chi connectivity index (χ4n) is 2.76. The van der Waals surface area contributed by atoms with Gasteiger partial charge in [-0.25, -0.2) is 8.42 Å². The summed E-state index contributed by atoms with van der Waals surface area (Å²) in [5, 5.41) is 2.92. The Kier molecular flexibility index (Phi) is 7.05. The number of rotatable bonds is 8. The Morgan fingerprint density at radius 3 is 2.54 bits per heavy atom. The minimum absolute atomic E-state index is 0.0149. The number of hydrogen-bond donors (Lipinski definition) is 2. The van der Waals surface area contributed by atoms with E-state index in [0.717, 1.165) is 37.1 Å². The maximum absolute atomic E-state index is 12.0. The number of unbranched alkanes of at least 4 members (excludes halogenated alkanes) is 3. The van der Waals surface area contributed by atoms with E-state index in [0.29, 0.717) is 26.1 Å². The van der Waals surface area contributed by atoms with Gasteiger partial charge in [0.1, 0.15) is 0 Å². The second-order valence-electron chi connectivity index (χ2n) is 6.19. The van der Waals surface area contributed by atoms with E-state index in [9.17, 15) is 13.2 Å². The van der Waals surface area contributed by atoms with Crippen molar-refractivity contribution in [2.24, 2.45) is 5.73 Å². The van der Waals surface area contributed by atoms with Crippen molar-refractivity contribution in [3.05, 3.63) is 24.3 Å². The van der Waals surface area contributed by atoms with Crippen LogP contribution in [-0.4, -0.2) is 45.5 Å². The molecule has 0 aliphatic carbocycles. The van der Waals surface area contributed by atoms with Gasteiger partial charge in [0.25, 0.3) is 0 Å². The van der Waals surface area contributed by atoms with Crippen LogP contribution in [0.3, 0.4) is 0 Å². The van der Waals surface area contributed by atoms with E-state index >= 15 is 0 Å². The first-order valence-electron chi connectivity index (χ1n) is 8.55. The highest BCUT2D eigenvalue weighted by Crippen LogP contribution is 2.21. The Balaban J connectivity index is 1.83. The minimum atomic E-state index is -2.89. The van der Waals surface area contributed by atoms with Gasteiger partial charge in [0.05, 0.1) is 11.5 Å². The average Bonchev–Trinajstić information content (AvgIpc) is 2.55. The lowest BCUT2D eigenvalue weighted by molar-refractivity contribution is -0.116. The topological polar surface area (TPSA) is 92.5 Å². The average molecular weight is 353 g/mol. The summed E-state index contributed by atoms with van der Waals surface area (Å²) in [6, 6.07) is 7.59. The third-order valence-corrected chi connectivity index (χ3v) is 5.81. The largest absolute Gasteiger partial charge is 0.369 e. The van der Waals surface area contributed by atoms with Crippen LogP contribution < -0.4 is 16.0 Å². The van der Waals surface area contributed by atoms with Crippen molar-refractivity contribution in [2.45, 2.75) is 32.1 Å². The molecule has 0 bridgehead atoms. The standard InChI is InChI=1S/C17H27N3O3S/c18-9-4-2-1-3-8-17(21)19-15-6-5-7-16(14-15)20-10-12-24(22,23)13-11-20/h5-7,14H,1-4,8-13,18H2,(H,19,21). The first-order chi connectivity index (χ1) is 11.5. The molecule has 1 heterocycles. The molecule has 2 rings (SSSR count). The maximum Gasteiger partial charge on any atom is 0.224 e. The van der Waals surface area contributed by atoms with Gasteiger partial charge in [0.15, 0.2) is 9.84 Å². The molecule has 0 saturated carbocycles. The van der Waals surface area contributed by atoms with Crippen molar-refractivity contribution in [2.75, 3.05) is 41.4 Å². The fraction of sp³-hybridized carbons (Fsp3) is 0.588. The van der Waals surface area contributed by atoms with Crippen molar-refractivity contribution < 1.29 is 13.2 Å². The van der Waals surface area contributed by atoms with Crippen LogP contribution in [0.1, 0.15) is 32.1 Å². The minimum Gasteiger partial charge on any atom is -0.369 e. The van der Waals surface area contributed by atoms with E-state index in [4.69, 9.17) is 5.73 Å². The normalized spacial score (nSPS) is 16.8. The zero-order chi connectivity index (χ0) is 17.4. The van der Waals surface area contributed by atoms with Gasteiger partial charge in [-0.3, -0.25) is 4.79 Å². The number of nitrogens with one attached hydrogen (secondary N) is 1. The molecule has 1 fully saturated rings. The van der Waals surface area contributed by atoms with E-state index < -0.39 is 9.84 Å². The predicted molar refractivity (Wildman–Crippen MR) is 98.1 cm³/mol. The predicted octanol–water partition coefficient (Wildman–Crippen LogP) is 1.77. The number of anilines is 2. The van der Waals surface area contributed by atoms with Gasteiger partial charge < -0.3 is 16.0 Å². The van der Waals surface area contributed by atoms with E-state index in [1.165, 1.54) is 0 Å². The van der Waals surface area contributed by atoms with E-state index in [2.05, 4.69) is 5.32 Å². The molecular formula is C17H27N3O3S.